The minimum absolute atomic E-state index is 0.890. The quantitative estimate of drug-likeness (QED) is 0.550. The molecule has 0 N–H and O–H groups in total. The first-order valence-corrected chi connectivity index (χ1v) is 4.09. The van der Waals surface area contributed by atoms with Gasteiger partial charge in [0, 0.05) is 0 Å². The van der Waals surface area contributed by atoms with Gasteiger partial charge < -0.3 is 0 Å². The second kappa shape index (κ2) is 6.01. The highest BCUT2D eigenvalue weighted by atomic mass is 14.0. The molecule has 68 valence electrons. The standard InChI is InChI=1S/C13H16/c1-6-8-9-12(4)13(5)10-11(3)7-2/h6-10H,1-2,4-5H2,3H3/b9-8-,11-10-. The summed E-state index contributed by atoms with van der Waals surface area (Å²) in [5, 5.41) is 0. The average molecular weight is 172 g/mol. The van der Waals surface area contributed by atoms with Gasteiger partial charge in [0.15, 0.2) is 0 Å². The van der Waals surface area contributed by atoms with E-state index >= 15 is 0 Å². The molecule has 0 atom stereocenters. The van der Waals surface area contributed by atoms with E-state index in [9.17, 15) is 0 Å². The molecule has 0 unspecified atom stereocenters. The first-order valence-electron chi connectivity index (χ1n) is 4.09. The fourth-order valence-corrected chi connectivity index (χ4v) is 0.718. The number of rotatable bonds is 5. The Kier molecular flexibility index (Phi) is 5.29. The SMILES string of the molecule is C=C/C=C\C(=C)C(=C)/C=C(/C)C=C. The van der Waals surface area contributed by atoms with Crippen LogP contribution in [0.3, 0.4) is 0 Å². The molecule has 0 aromatic carbocycles. The summed E-state index contributed by atoms with van der Waals surface area (Å²) in [6, 6.07) is 0. The predicted octanol–water partition coefficient (Wildman–Crippen LogP) is 3.97. The zero-order chi connectivity index (χ0) is 10.3. The van der Waals surface area contributed by atoms with Gasteiger partial charge in [-0.15, -0.1) is 0 Å². The molecule has 0 nitrogen and oxygen atoms in total. The summed E-state index contributed by atoms with van der Waals surface area (Å²) >= 11 is 0. The van der Waals surface area contributed by atoms with Crippen LogP contribution in [0.1, 0.15) is 6.92 Å². The van der Waals surface area contributed by atoms with Crippen molar-refractivity contribution in [3.8, 4) is 0 Å². The van der Waals surface area contributed by atoms with Crippen molar-refractivity contribution in [2.75, 3.05) is 0 Å². The van der Waals surface area contributed by atoms with Crippen LogP contribution in [0.25, 0.3) is 0 Å². The lowest BCUT2D eigenvalue weighted by Crippen LogP contribution is -1.79. The highest BCUT2D eigenvalue weighted by Crippen LogP contribution is 2.11. The molecule has 0 aliphatic rings. The highest BCUT2D eigenvalue weighted by molar-refractivity contribution is 5.45. The molecular weight excluding hydrogens is 156 g/mol. The van der Waals surface area contributed by atoms with Gasteiger partial charge in [-0.1, -0.05) is 62.3 Å². The zero-order valence-corrected chi connectivity index (χ0v) is 8.22. The Morgan fingerprint density at radius 2 is 1.69 bits per heavy atom. The van der Waals surface area contributed by atoms with Crippen molar-refractivity contribution in [3.63, 3.8) is 0 Å². The summed E-state index contributed by atoms with van der Waals surface area (Å²) in [6.07, 6.45) is 9.16. The normalized spacial score (nSPS) is 11.3. The van der Waals surface area contributed by atoms with Crippen molar-refractivity contribution in [2.24, 2.45) is 0 Å². The summed E-state index contributed by atoms with van der Waals surface area (Å²) in [5.74, 6) is 0. The molecule has 0 fully saturated rings. The zero-order valence-electron chi connectivity index (χ0n) is 8.22. The Labute approximate surface area is 81.0 Å². The molecule has 0 heteroatoms. The van der Waals surface area contributed by atoms with E-state index in [4.69, 9.17) is 0 Å². The van der Waals surface area contributed by atoms with Gasteiger partial charge in [0.25, 0.3) is 0 Å². The first kappa shape index (κ1) is 11.4. The molecular formula is C13H16. The molecule has 13 heavy (non-hydrogen) atoms. The molecule has 0 aliphatic heterocycles. The van der Waals surface area contributed by atoms with E-state index in [1.807, 2.05) is 25.2 Å². The molecule has 0 heterocycles. The van der Waals surface area contributed by atoms with E-state index in [2.05, 4.69) is 26.3 Å². The van der Waals surface area contributed by atoms with Gasteiger partial charge in [0.2, 0.25) is 0 Å². The van der Waals surface area contributed by atoms with Crippen LogP contribution >= 0.6 is 0 Å². The summed E-state index contributed by atoms with van der Waals surface area (Å²) in [6.45, 7) is 17.0. The number of hydrogen-bond donors (Lipinski definition) is 0. The Hall–Kier alpha value is -1.56. The Morgan fingerprint density at radius 1 is 1.08 bits per heavy atom. The van der Waals surface area contributed by atoms with Gasteiger partial charge >= 0.3 is 0 Å². The van der Waals surface area contributed by atoms with Crippen molar-refractivity contribution in [3.05, 3.63) is 73.4 Å². The smallest absolute Gasteiger partial charge is 0.0259 e. The lowest BCUT2D eigenvalue weighted by molar-refractivity contribution is 1.48. The largest absolute Gasteiger partial charge is 0.0991 e. The molecule has 0 rings (SSSR count). The highest BCUT2D eigenvalue weighted by Gasteiger charge is 1.91. The molecule has 0 radical (unpaired) electrons. The Morgan fingerprint density at radius 3 is 2.15 bits per heavy atom. The van der Waals surface area contributed by atoms with Crippen LogP contribution < -0.4 is 0 Å². The molecule has 0 spiro atoms. The summed E-state index contributed by atoms with van der Waals surface area (Å²) in [4.78, 5) is 0. The Balaban J connectivity index is 4.44. The fraction of sp³-hybridized carbons (Fsp3) is 0.0769. The van der Waals surface area contributed by atoms with Crippen LogP contribution in [0.15, 0.2) is 73.4 Å². The molecule has 0 aliphatic carbocycles. The second-order valence-electron chi connectivity index (χ2n) is 2.74. The van der Waals surface area contributed by atoms with Crippen LogP contribution in [-0.2, 0) is 0 Å². The Bertz CT molecular complexity index is 285. The van der Waals surface area contributed by atoms with Gasteiger partial charge in [-0.05, 0) is 18.1 Å². The average Bonchev–Trinajstić information content (AvgIpc) is 2.13. The number of hydrogen-bond acceptors (Lipinski definition) is 0. The number of allylic oxidation sites excluding steroid dienone is 8. The monoisotopic (exact) mass is 172 g/mol. The molecule has 0 saturated heterocycles. The van der Waals surface area contributed by atoms with Gasteiger partial charge in [0.05, 0.1) is 0 Å². The van der Waals surface area contributed by atoms with Crippen LogP contribution in [0.5, 0.6) is 0 Å². The molecule has 0 aromatic heterocycles. The fourth-order valence-electron chi connectivity index (χ4n) is 0.718. The van der Waals surface area contributed by atoms with Crippen LogP contribution in [0, 0.1) is 0 Å². The van der Waals surface area contributed by atoms with Crippen molar-refractivity contribution in [2.45, 2.75) is 6.92 Å². The van der Waals surface area contributed by atoms with Crippen molar-refractivity contribution >= 4 is 0 Å². The van der Waals surface area contributed by atoms with E-state index in [-0.39, 0.29) is 0 Å². The molecule has 0 amide bonds. The van der Waals surface area contributed by atoms with E-state index in [0.717, 1.165) is 16.7 Å². The van der Waals surface area contributed by atoms with Crippen LogP contribution in [0.2, 0.25) is 0 Å². The summed E-state index contributed by atoms with van der Waals surface area (Å²) in [7, 11) is 0. The van der Waals surface area contributed by atoms with E-state index in [1.54, 1.807) is 12.2 Å². The maximum Gasteiger partial charge on any atom is -0.0259 e. The first-order chi connectivity index (χ1) is 6.11. The maximum atomic E-state index is 3.89. The van der Waals surface area contributed by atoms with Crippen molar-refractivity contribution < 1.29 is 0 Å². The van der Waals surface area contributed by atoms with Crippen LogP contribution in [0.4, 0.5) is 0 Å². The molecule has 0 aromatic rings. The predicted molar refractivity (Wildman–Crippen MR) is 61.6 cm³/mol. The minimum atomic E-state index is 0.890. The minimum Gasteiger partial charge on any atom is -0.0991 e. The topological polar surface area (TPSA) is 0 Å². The van der Waals surface area contributed by atoms with Gasteiger partial charge in [-0.3, -0.25) is 0 Å². The van der Waals surface area contributed by atoms with E-state index < -0.39 is 0 Å². The van der Waals surface area contributed by atoms with Gasteiger partial charge in [-0.2, -0.15) is 0 Å². The lowest BCUT2D eigenvalue weighted by atomic mass is 10.1. The summed E-state index contributed by atoms with van der Waals surface area (Å²) < 4.78 is 0. The summed E-state index contributed by atoms with van der Waals surface area (Å²) in [5.41, 5.74) is 2.87. The molecule has 0 saturated carbocycles. The van der Waals surface area contributed by atoms with Gasteiger partial charge in [-0.25, -0.2) is 0 Å². The van der Waals surface area contributed by atoms with E-state index in [1.165, 1.54) is 0 Å². The third kappa shape index (κ3) is 4.81. The maximum absolute atomic E-state index is 3.89. The van der Waals surface area contributed by atoms with Gasteiger partial charge in [0.1, 0.15) is 0 Å². The third-order valence-corrected chi connectivity index (χ3v) is 1.57. The van der Waals surface area contributed by atoms with Crippen molar-refractivity contribution in [1.29, 1.82) is 0 Å². The molecule has 0 bridgehead atoms. The van der Waals surface area contributed by atoms with Crippen molar-refractivity contribution in [1.82, 2.24) is 0 Å². The second-order valence-corrected chi connectivity index (χ2v) is 2.74. The lowest BCUT2D eigenvalue weighted by Gasteiger charge is -1.99. The van der Waals surface area contributed by atoms with Crippen LogP contribution in [-0.4, -0.2) is 0 Å². The third-order valence-electron chi connectivity index (χ3n) is 1.57. The van der Waals surface area contributed by atoms with E-state index in [0.29, 0.717) is 0 Å².